The minimum absolute atomic E-state index is 0.0691. The number of aromatic nitrogens is 1. The van der Waals surface area contributed by atoms with Crippen LogP contribution in [-0.4, -0.2) is 59.2 Å². The zero-order valence-electron chi connectivity index (χ0n) is 15.9. The van der Waals surface area contributed by atoms with E-state index in [2.05, 4.69) is 4.72 Å². The molecule has 0 fully saturated rings. The van der Waals surface area contributed by atoms with Crippen LogP contribution in [0.3, 0.4) is 0 Å². The van der Waals surface area contributed by atoms with Crippen molar-refractivity contribution in [3.8, 4) is 17.5 Å². The molecule has 1 aliphatic rings. The number of sulfonamides is 1. The van der Waals surface area contributed by atoms with Crippen LogP contribution in [0.15, 0.2) is 30.3 Å². The molecule has 1 aromatic carbocycles. The highest BCUT2D eigenvalue weighted by Crippen LogP contribution is 2.40. The fourth-order valence-electron chi connectivity index (χ4n) is 3.53. The summed E-state index contributed by atoms with van der Waals surface area (Å²) in [5, 5.41) is 29.3. The molecule has 2 atom stereocenters. The number of aromatic hydroxyl groups is 2. The Balaban J connectivity index is 2.03. The minimum atomic E-state index is -3.48. The van der Waals surface area contributed by atoms with E-state index in [9.17, 15) is 28.5 Å². The van der Waals surface area contributed by atoms with Crippen molar-refractivity contribution in [2.75, 3.05) is 22.4 Å². The van der Waals surface area contributed by atoms with Gasteiger partial charge in [0.25, 0.3) is 0 Å². The highest BCUT2D eigenvalue weighted by Gasteiger charge is 2.37. The number of nitrogens with one attached hydrogen (secondary N) is 1. The lowest BCUT2D eigenvalue weighted by atomic mass is 10.0. The standard InChI is InChI=1S/C18H23N3O7S/c1-3-20-12-8-11(19-29(2,26)27)4-5-14(12)28-15(9-18(24)25)13(20)10-21-16(22)6-7-17(21)23/h4-8,13,15,19,22-23H,3,9-10H2,1-2H3,(H,24,25). The molecule has 0 radical (unpaired) electrons. The number of rotatable bonds is 7. The topological polar surface area (TPSA) is 141 Å². The number of carboxylic acid groups (broad SMARTS) is 1. The van der Waals surface area contributed by atoms with E-state index < -0.39 is 28.1 Å². The van der Waals surface area contributed by atoms with Crippen LogP contribution in [0.2, 0.25) is 0 Å². The molecule has 0 saturated heterocycles. The number of ether oxygens (including phenoxy) is 1. The van der Waals surface area contributed by atoms with E-state index in [0.29, 0.717) is 23.7 Å². The largest absolute Gasteiger partial charge is 0.494 e. The fraction of sp³-hybridized carbons (Fsp3) is 0.389. The Bertz CT molecular complexity index is 999. The van der Waals surface area contributed by atoms with Gasteiger partial charge in [-0.15, -0.1) is 0 Å². The number of hydrogen-bond acceptors (Lipinski definition) is 7. The Morgan fingerprint density at radius 3 is 2.41 bits per heavy atom. The summed E-state index contributed by atoms with van der Waals surface area (Å²) in [7, 11) is -3.48. The van der Waals surface area contributed by atoms with Crippen molar-refractivity contribution >= 4 is 27.4 Å². The first kappa shape index (κ1) is 20.6. The van der Waals surface area contributed by atoms with Crippen LogP contribution in [0.5, 0.6) is 17.5 Å². The number of carbonyl (C=O) groups is 1. The molecule has 3 rings (SSSR count). The Hall–Kier alpha value is -3.08. The van der Waals surface area contributed by atoms with Gasteiger partial charge in [0, 0.05) is 18.7 Å². The first-order chi connectivity index (χ1) is 13.6. The van der Waals surface area contributed by atoms with Crippen molar-refractivity contribution in [2.45, 2.75) is 32.0 Å². The van der Waals surface area contributed by atoms with Gasteiger partial charge >= 0.3 is 5.97 Å². The molecule has 2 aromatic rings. The lowest BCUT2D eigenvalue weighted by Gasteiger charge is -2.43. The first-order valence-electron chi connectivity index (χ1n) is 8.93. The van der Waals surface area contributed by atoms with Crippen molar-refractivity contribution < 1.29 is 33.3 Å². The number of fused-ring (bicyclic) bond motifs is 1. The second-order valence-electron chi connectivity index (χ2n) is 6.82. The SMILES string of the molecule is CCN1c2cc(NS(C)(=O)=O)ccc2OC(CC(=O)O)C1Cn1c(O)ccc1O. The first-order valence-corrected chi connectivity index (χ1v) is 10.8. The summed E-state index contributed by atoms with van der Waals surface area (Å²) in [6.07, 6.45) is 0.00573. The third-order valence-electron chi connectivity index (χ3n) is 4.70. The molecule has 1 aromatic heterocycles. The Kier molecular flexibility index (Phi) is 5.51. The van der Waals surface area contributed by atoms with Gasteiger partial charge in [0.2, 0.25) is 10.0 Å². The predicted molar refractivity (Wildman–Crippen MR) is 106 cm³/mol. The number of hydrogen-bond donors (Lipinski definition) is 4. The molecule has 2 unspecified atom stereocenters. The highest BCUT2D eigenvalue weighted by molar-refractivity contribution is 7.92. The van der Waals surface area contributed by atoms with Crippen molar-refractivity contribution in [2.24, 2.45) is 0 Å². The van der Waals surface area contributed by atoms with Gasteiger partial charge < -0.3 is 25.0 Å². The monoisotopic (exact) mass is 425 g/mol. The van der Waals surface area contributed by atoms with Crippen molar-refractivity contribution in [3.63, 3.8) is 0 Å². The van der Waals surface area contributed by atoms with Crippen LogP contribution in [0.1, 0.15) is 13.3 Å². The lowest BCUT2D eigenvalue weighted by Crippen LogP contribution is -2.52. The van der Waals surface area contributed by atoms with E-state index in [-0.39, 0.29) is 24.7 Å². The molecule has 29 heavy (non-hydrogen) atoms. The van der Waals surface area contributed by atoms with Gasteiger partial charge in [-0.05, 0) is 25.1 Å². The normalized spacial score (nSPS) is 18.8. The maximum absolute atomic E-state index is 11.6. The minimum Gasteiger partial charge on any atom is -0.494 e. The smallest absolute Gasteiger partial charge is 0.307 e. The van der Waals surface area contributed by atoms with Gasteiger partial charge in [0.1, 0.15) is 11.9 Å². The molecular weight excluding hydrogens is 402 g/mol. The number of aliphatic carboxylic acids is 1. The second kappa shape index (κ2) is 7.74. The van der Waals surface area contributed by atoms with Crippen LogP contribution in [0, 0.1) is 0 Å². The quantitative estimate of drug-likeness (QED) is 0.522. The molecule has 0 aliphatic carbocycles. The molecule has 0 saturated carbocycles. The molecular formula is C18H23N3O7S. The van der Waals surface area contributed by atoms with E-state index in [1.807, 2.05) is 11.8 Å². The number of benzene rings is 1. The van der Waals surface area contributed by atoms with E-state index in [0.717, 1.165) is 6.26 Å². The molecule has 2 heterocycles. The average molecular weight is 425 g/mol. The van der Waals surface area contributed by atoms with Crippen LogP contribution in [0.4, 0.5) is 11.4 Å². The molecule has 0 bridgehead atoms. The second-order valence-corrected chi connectivity index (χ2v) is 8.57. The van der Waals surface area contributed by atoms with Crippen molar-refractivity contribution in [1.82, 2.24) is 4.57 Å². The van der Waals surface area contributed by atoms with Gasteiger partial charge in [-0.3, -0.25) is 14.1 Å². The van der Waals surface area contributed by atoms with Gasteiger partial charge in [0.05, 0.1) is 36.6 Å². The molecule has 1 aliphatic heterocycles. The summed E-state index contributed by atoms with van der Waals surface area (Å²) < 4.78 is 32.7. The summed E-state index contributed by atoms with van der Waals surface area (Å²) in [6.45, 7) is 2.40. The molecule has 11 heteroatoms. The van der Waals surface area contributed by atoms with E-state index in [1.54, 1.807) is 12.1 Å². The van der Waals surface area contributed by atoms with Crippen LogP contribution in [-0.2, 0) is 21.4 Å². The van der Waals surface area contributed by atoms with Crippen molar-refractivity contribution in [1.29, 1.82) is 0 Å². The van der Waals surface area contributed by atoms with Crippen LogP contribution < -0.4 is 14.4 Å². The maximum atomic E-state index is 11.6. The van der Waals surface area contributed by atoms with Crippen LogP contribution in [0.25, 0.3) is 0 Å². The Labute approximate surface area is 168 Å². The number of anilines is 2. The molecule has 158 valence electrons. The third-order valence-corrected chi connectivity index (χ3v) is 5.31. The Morgan fingerprint density at radius 2 is 1.86 bits per heavy atom. The summed E-state index contributed by atoms with van der Waals surface area (Å²) in [5.74, 6) is -0.943. The summed E-state index contributed by atoms with van der Waals surface area (Å²) in [6, 6.07) is 6.87. The molecule has 10 nitrogen and oxygen atoms in total. The molecule has 4 N–H and O–H groups in total. The van der Waals surface area contributed by atoms with E-state index >= 15 is 0 Å². The van der Waals surface area contributed by atoms with Gasteiger partial charge in [0.15, 0.2) is 11.8 Å². The summed E-state index contributed by atoms with van der Waals surface area (Å²) in [4.78, 5) is 13.3. The fourth-order valence-corrected chi connectivity index (χ4v) is 4.09. The number of carboxylic acids is 1. The lowest BCUT2D eigenvalue weighted by molar-refractivity contribution is -0.139. The average Bonchev–Trinajstić information content (AvgIpc) is 2.92. The van der Waals surface area contributed by atoms with Gasteiger partial charge in [-0.2, -0.15) is 0 Å². The van der Waals surface area contributed by atoms with Gasteiger partial charge in [-0.1, -0.05) is 0 Å². The number of nitrogens with zero attached hydrogens (tertiary/aromatic N) is 2. The molecule has 0 amide bonds. The zero-order valence-corrected chi connectivity index (χ0v) is 16.8. The molecule has 0 spiro atoms. The van der Waals surface area contributed by atoms with E-state index in [4.69, 9.17) is 4.74 Å². The Morgan fingerprint density at radius 1 is 1.21 bits per heavy atom. The predicted octanol–water partition coefficient (Wildman–Crippen LogP) is 1.40. The van der Waals surface area contributed by atoms with E-state index in [1.165, 1.54) is 22.8 Å². The number of likely N-dealkylation sites (N-methyl/N-ethyl adjacent to an activating group) is 1. The summed E-state index contributed by atoms with van der Waals surface area (Å²) >= 11 is 0. The summed E-state index contributed by atoms with van der Waals surface area (Å²) in [5.41, 5.74) is 0.925. The maximum Gasteiger partial charge on any atom is 0.307 e. The van der Waals surface area contributed by atoms with Crippen LogP contribution >= 0.6 is 0 Å². The van der Waals surface area contributed by atoms with Gasteiger partial charge in [-0.25, -0.2) is 8.42 Å². The highest BCUT2D eigenvalue weighted by atomic mass is 32.2. The van der Waals surface area contributed by atoms with Crippen molar-refractivity contribution in [3.05, 3.63) is 30.3 Å². The zero-order chi connectivity index (χ0) is 21.3. The third kappa shape index (κ3) is 4.50.